The number of nitrogens with zero attached hydrogens (tertiary/aromatic N) is 2. The summed E-state index contributed by atoms with van der Waals surface area (Å²) in [6, 6.07) is 8.99. The van der Waals surface area contributed by atoms with Gasteiger partial charge in [0, 0.05) is 12.6 Å². The Hall–Kier alpha value is -2.80. The predicted molar refractivity (Wildman–Crippen MR) is 81.1 cm³/mol. The maximum Gasteiger partial charge on any atom is 0.234 e. The van der Waals surface area contributed by atoms with E-state index in [1.165, 1.54) is 0 Å². The number of hydrogen-bond acceptors (Lipinski definition) is 6. The summed E-state index contributed by atoms with van der Waals surface area (Å²) >= 11 is 0. The minimum atomic E-state index is -0.0846. The van der Waals surface area contributed by atoms with Gasteiger partial charge in [-0.3, -0.25) is 9.69 Å². The first-order chi connectivity index (χ1) is 11.2. The van der Waals surface area contributed by atoms with E-state index in [9.17, 15) is 4.79 Å². The zero-order chi connectivity index (χ0) is 16.1. The van der Waals surface area contributed by atoms with Crippen molar-refractivity contribution < 1.29 is 18.2 Å². The number of rotatable bonds is 7. The summed E-state index contributed by atoms with van der Waals surface area (Å²) in [4.78, 5) is 13.7. The Bertz CT molecular complexity index is 731. The Labute approximate surface area is 132 Å². The van der Waals surface area contributed by atoms with Crippen molar-refractivity contribution in [3.8, 4) is 11.5 Å². The van der Waals surface area contributed by atoms with Gasteiger partial charge in [-0.1, -0.05) is 5.16 Å². The molecular formula is C16H17N3O4. The molecule has 0 radical (unpaired) electrons. The van der Waals surface area contributed by atoms with Crippen LogP contribution in [-0.4, -0.2) is 29.6 Å². The Balaban J connectivity index is 1.47. The average molecular weight is 315 g/mol. The van der Waals surface area contributed by atoms with Gasteiger partial charge in [0.2, 0.25) is 11.7 Å². The van der Waals surface area contributed by atoms with Gasteiger partial charge >= 0.3 is 0 Å². The number of likely N-dealkylation sites (N-methyl/N-ethyl adjacent to an activating group) is 1. The first kappa shape index (κ1) is 15.1. The maximum atomic E-state index is 11.9. The fraction of sp³-hybridized carbons (Fsp3) is 0.250. The molecule has 1 N–H and O–H groups in total. The molecule has 0 fully saturated rings. The van der Waals surface area contributed by atoms with E-state index in [2.05, 4.69) is 10.5 Å². The summed E-state index contributed by atoms with van der Waals surface area (Å²) in [5.74, 6) is 1.84. The van der Waals surface area contributed by atoms with Crippen LogP contribution in [0.15, 0.2) is 56.2 Å². The lowest BCUT2D eigenvalue weighted by molar-refractivity contribution is -0.122. The van der Waals surface area contributed by atoms with E-state index < -0.39 is 0 Å². The molecule has 7 nitrogen and oxygen atoms in total. The highest BCUT2D eigenvalue weighted by Crippen LogP contribution is 2.20. The largest absolute Gasteiger partial charge is 0.467 e. The van der Waals surface area contributed by atoms with Gasteiger partial charge in [-0.15, -0.1) is 0 Å². The normalized spacial score (nSPS) is 11.0. The van der Waals surface area contributed by atoms with Gasteiger partial charge in [0.15, 0.2) is 5.76 Å². The van der Waals surface area contributed by atoms with Crippen LogP contribution in [0.3, 0.4) is 0 Å². The van der Waals surface area contributed by atoms with Crippen LogP contribution in [0.2, 0.25) is 0 Å². The second-order valence-corrected chi connectivity index (χ2v) is 5.19. The van der Waals surface area contributed by atoms with Crippen molar-refractivity contribution in [2.45, 2.75) is 13.1 Å². The first-order valence-electron chi connectivity index (χ1n) is 7.18. The van der Waals surface area contributed by atoms with Gasteiger partial charge in [-0.05, 0) is 31.3 Å². The van der Waals surface area contributed by atoms with Crippen LogP contribution < -0.4 is 5.32 Å². The van der Waals surface area contributed by atoms with Crippen LogP contribution in [0.4, 0.5) is 0 Å². The predicted octanol–water partition coefficient (Wildman–Crippen LogP) is 2.28. The van der Waals surface area contributed by atoms with Crippen molar-refractivity contribution in [2.24, 2.45) is 0 Å². The molecular weight excluding hydrogens is 298 g/mol. The van der Waals surface area contributed by atoms with Crippen molar-refractivity contribution in [1.29, 1.82) is 0 Å². The van der Waals surface area contributed by atoms with Gasteiger partial charge < -0.3 is 18.7 Å². The van der Waals surface area contributed by atoms with Gasteiger partial charge in [-0.25, -0.2) is 0 Å². The number of carbonyl (C=O) groups is 1. The molecule has 0 aromatic carbocycles. The Morgan fingerprint density at radius 1 is 1.22 bits per heavy atom. The summed E-state index contributed by atoms with van der Waals surface area (Å²) in [6.07, 6.45) is 3.15. The number of carbonyl (C=O) groups excluding carboxylic acids is 1. The van der Waals surface area contributed by atoms with Crippen molar-refractivity contribution in [3.63, 3.8) is 0 Å². The third kappa shape index (κ3) is 4.10. The van der Waals surface area contributed by atoms with Crippen LogP contribution in [0.1, 0.15) is 11.5 Å². The molecule has 1 amide bonds. The van der Waals surface area contributed by atoms with Crippen LogP contribution in [-0.2, 0) is 17.9 Å². The second-order valence-electron chi connectivity index (χ2n) is 5.19. The average Bonchev–Trinajstić information content (AvgIpc) is 3.26. The molecule has 0 spiro atoms. The highest BCUT2D eigenvalue weighted by molar-refractivity contribution is 5.77. The van der Waals surface area contributed by atoms with E-state index in [-0.39, 0.29) is 12.5 Å². The van der Waals surface area contributed by atoms with Gasteiger partial charge in [0.25, 0.3) is 0 Å². The van der Waals surface area contributed by atoms with Crippen molar-refractivity contribution in [1.82, 2.24) is 15.4 Å². The molecule has 3 heterocycles. The minimum Gasteiger partial charge on any atom is -0.467 e. The molecule has 0 aliphatic rings. The SMILES string of the molecule is CN(CC(=O)NCc1ccco1)Cc1cc(-c2ccco2)on1. The Morgan fingerprint density at radius 2 is 2.04 bits per heavy atom. The smallest absolute Gasteiger partial charge is 0.234 e. The van der Waals surface area contributed by atoms with E-state index >= 15 is 0 Å². The van der Waals surface area contributed by atoms with Crippen LogP contribution in [0.5, 0.6) is 0 Å². The van der Waals surface area contributed by atoms with Crippen molar-refractivity contribution in [3.05, 3.63) is 54.3 Å². The molecule has 3 aromatic rings. The van der Waals surface area contributed by atoms with E-state index in [4.69, 9.17) is 13.4 Å². The quantitative estimate of drug-likeness (QED) is 0.720. The number of furan rings is 2. The molecule has 3 aromatic heterocycles. The van der Waals surface area contributed by atoms with Crippen molar-refractivity contribution >= 4 is 5.91 Å². The lowest BCUT2D eigenvalue weighted by atomic mass is 10.3. The molecule has 23 heavy (non-hydrogen) atoms. The summed E-state index contributed by atoms with van der Waals surface area (Å²) in [7, 11) is 1.84. The number of aromatic nitrogens is 1. The third-order valence-corrected chi connectivity index (χ3v) is 3.21. The lowest BCUT2D eigenvalue weighted by Gasteiger charge is -2.14. The van der Waals surface area contributed by atoms with Crippen molar-refractivity contribution in [2.75, 3.05) is 13.6 Å². The fourth-order valence-corrected chi connectivity index (χ4v) is 2.15. The number of nitrogens with one attached hydrogen (secondary N) is 1. The standard InChI is InChI=1S/C16H17N3O4/c1-19(11-16(20)17-9-13-4-2-6-21-13)10-12-8-15(23-18-12)14-5-3-7-22-14/h2-8H,9-11H2,1H3,(H,17,20). The third-order valence-electron chi connectivity index (χ3n) is 3.21. The van der Waals surface area contributed by atoms with Crippen LogP contribution in [0, 0.1) is 0 Å². The molecule has 7 heteroatoms. The lowest BCUT2D eigenvalue weighted by Crippen LogP contribution is -2.34. The van der Waals surface area contributed by atoms with E-state index in [0.29, 0.717) is 24.6 Å². The van der Waals surface area contributed by atoms with E-state index in [1.54, 1.807) is 36.8 Å². The van der Waals surface area contributed by atoms with Crippen LogP contribution in [0.25, 0.3) is 11.5 Å². The summed E-state index contributed by atoms with van der Waals surface area (Å²) in [5, 5.41) is 6.78. The van der Waals surface area contributed by atoms with E-state index in [0.717, 1.165) is 11.5 Å². The first-order valence-corrected chi connectivity index (χ1v) is 7.18. The van der Waals surface area contributed by atoms with Gasteiger partial charge in [0.1, 0.15) is 5.76 Å². The zero-order valence-corrected chi connectivity index (χ0v) is 12.7. The molecule has 0 saturated carbocycles. The highest BCUT2D eigenvalue weighted by Gasteiger charge is 2.12. The fourth-order valence-electron chi connectivity index (χ4n) is 2.15. The highest BCUT2D eigenvalue weighted by atomic mass is 16.5. The molecule has 0 bridgehead atoms. The molecule has 0 unspecified atom stereocenters. The minimum absolute atomic E-state index is 0.0846. The second kappa shape index (κ2) is 6.97. The maximum absolute atomic E-state index is 11.9. The Morgan fingerprint density at radius 3 is 2.78 bits per heavy atom. The molecule has 0 aliphatic heterocycles. The summed E-state index contributed by atoms with van der Waals surface area (Å²) in [6.45, 7) is 1.13. The Kier molecular flexibility index (Phi) is 4.58. The summed E-state index contributed by atoms with van der Waals surface area (Å²) in [5.41, 5.74) is 0.734. The molecule has 0 saturated heterocycles. The molecule has 0 atom stereocenters. The van der Waals surface area contributed by atoms with Crippen LogP contribution >= 0.6 is 0 Å². The topological polar surface area (TPSA) is 84.7 Å². The summed E-state index contributed by atoms with van der Waals surface area (Å²) < 4.78 is 15.6. The molecule has 120 valence electrons. The zero-order valence-electron chi connectivity index (χ0n) is 12.7. The van der Waals surface area contributed by atoms with Gasteiger partial charge in [-0.2, -0.15) is 0 Å². The van der Waals surface area contributed by atoms with Gasteiger partial charge in [0.05, 0.1) is 31.3 Å². The number of hydrogen-bond donors (Lipinski definition) is 1. The molecule has 0 aliphatic carbocycles. The molecule has 3 rings (SSSR count). The monoisotopic (exact) mass is 315 g/mol. The van der Waals surface area contributed by atoms with E-state index in [1.807, 2.05) is 18.0 Å². The number of amides is 1.